The van der Waals surface area contributed by atoms with Crippen molar-refractivity contribution in [1.82, 2.24) is 0 Å². The van der Waals surface area contributed by atoms with Gasteiger partial charge in [0.25, 0.3) is 0 Å². The first kappa shape index (κ1) is 16.7. The van der Waals surface area contributed by atoms with Crippen LogP contribution >= 0.6 is 31.9 Å². The van der Waals surface area contributed by atoms with E-state index >= 15 is 0 Å². The van der Waals surface area contributed by atoms with Crippen molar-refractivity contribution in [3.63, 3.8) is 0 Å². The highest BCUT2D eigenvalue weighted by Crippen LogP contribution is 2.35. The molecular formula is C11H12Br2F3NO2. The van der Waals surface area contributed by atoms with Gasteiger partial charge >= 0.3 is 6.18 Å². The van der Waals surface area contributed by atoms with Gasteiger partial charge in [-0.2, -0.15) is 13.2 Å². The number of hydrogen-bond donors (Lipinski definition) is 1. The Morgan fingerprint density at radius 1 is 1.16 bits per heavy atom. The van der Waals surface area contributed by atoms with E-state index in [1.807, 2.05) is 0 Å². The Morgan fingerprint density at radius 2 is 1.74 bits per heavy atom. The standard InChI is InChI=1S/C11H12Br2F3NO2/c12-8-3-7(1-2-17)4-9(13)10(8)19-6-18-5-11(14,15)16/h3-4H,1-2,5-6,17H2. The van der Waals surface area contributed by atoms with Crippen LogP contribution < -0.4 is 10.5 Å². The molecule has 0 saturated carbocycles. The molecule has 0 atom stereocenters. The molecule has 8 heteroatoms. The van der Waals surface area contributed by atoms with Crippen molar-refractivity contribution in [2.24, 2.45) is 5.73 Å². The van der Waals surface area contributed by atoms with Gasteiger partial charge in [-0.1, -0.05) is 0 Å². The van der Waals surface area contributed by atoms with Gasteiger partial charge < -0.3 is 15.2 Å². The van der Waals surface area contributed by atoms with Crippen molar-refractivity contribution in [3.05, 3.63) is 26.6 Å². The molecule has 0 spiro atoms. The zero-order chi connectivity index (χ0) is 14.5. The second-order valence-electron chi connectivity index (χ2n) is 3.65. The first-order valence-electron chi connectivity index (χ1n) is 5.29. The molecule has 0 aliphatic heterocycles. The number of benzene rings is 1. The van der Waals surface area contributed by atoms with E-state index in [2.05, 4.69) is 36.6 Å². The Balaban J connectivity index is 2.59. The van der Waals surface area contributed by atoms with Crippen LogP contribution in [0.5, 0.6) is 5.75 Å². The average molecular weight is 407 g/mol. The largest absolute Gasteiger partial charge is 0.465 e. The SMILES string of the molecule is NCCc1cc(Br)c(OCOCC(F)(F)F)c(Br)c1. The van der Waals surface area contributed by atoms with Gasteiger partial charge in [-0.05, 0) is 62.5 Å². The molecule has 0 radical (unpaired) electrons. The predicted molar refractivity (Wildman–Crippen MR) is 72.1 cm³/mol. The minimum atomic E-state index is -4.36. The van der Waals surface area contributed by atoms with Crippen LogP contribution in [0.15, 0.2) is 21.1 Å². The molecule has 0 aliphatic rings. The molecule has 0 unspecified atom stereocenters. The maximum atomic E-state index is 11.9. The number of alkyl halides is 3. The van der Waals surface area contributed by atoms with Crippen LogP contribution in [0.4, 0.5) is 13.2 Å². The normalized spacial score (nSPS) is 11.7. The van der Waals surface area contributed by atoms with Crippen LogP contribution in [0.3, 0.4) is 0 Å². The summed E-state index contributed by atoms with van der Waals surface area (Å²) in [6.45, 7) is -1.31. The van der Waals surface area contributed by atoms with E-state index in [1.165, 1.54) is 0 Å². The van der Waals surface area contributed by atoms with Gasteiger partial charge in [-0.25, -0.2) is 0 Å². The third-order valence-corrected chi connectivity index (χ3v) is 3.22. The van der Waals surface area contributed by atoms with Crippen LogP contribution in [0, 0.1) is 0 Å². The Labute approximate surface area is 125 Å². The lowest BCUT2D eigenvalue weighted by Crippen LogP contribution is -2.19. The molecule has 2 N–H and O–H groups in total. The Hall–Kier alpha value is -0.310. The van der Waals surface area contributed by atoms with E-state index in [9.17, 15) is 13.2 Å². The fraction of sp³-hybridized carbons (Fsp3) is 0.455. The number of ether oxygens (including phenoxy) is 2. The first-order chi connectivity index (χ1) is 8.83. The highest BCUT2D eigenvalue weighted by atomic mass is 79.9. The molecular weight excluding hydrogens is 395 g/mol. The predicted octanol–water partition coefficient (Wildman–Crippen LogP) is 3.63. The van der Waals surface area contributed by atoms with Gasteiger partial charge in [-0.15, -0.1) is 0 Å². The summed E-state index contributed by atoms with van der Waals surface area (Å²) in [6, 6.07) is 3.60. The lowest BCUT2D eigenvalue weighted by atomic mass is 10.1. The minimum absolute atomic E-state index is 0.392. The molecule has 19 heavy (non-hydrogen) atoms. The molecule has 0 aliphatic carbocycles. The molecule has 1 aromatic carbocycles. The van der Waals surface area contributed by atoms with Gasteiger partial charge in [0.2, 0.25) is 0 Å². The Kier molecular flexibility index (Phi) is 6.58. The summed E-state index contributed by atoms with van der Waals surface area (Å²) in [5, 5.41) is 0. The molecule has 0 saturated heterocycles. The van der Waals surface area contributed by atoms with Crippen molar-refractivity contribution >= 4 is 31.9 Å². The summed E-state index contributed by atoms with van der Waals surface area (Å²) in [5.41, 5.74) is 6.44. The molecule has 1 aromatic rings. The topological polar surface area (TPSA) is 44.5 Å². The first-order valence-corrected chi connectivity index (χ1v) is 6.87. The zero-order valence-corrected chi connectivity index (χ0v) is 12.9. The third kappa shape index (κ3) is 6.11. The summed E-state index contributed by atoms with van der Waals surface area (Å²) in [7, 11) is 0. The van der Waals surface area contributed by atoms with Gasteiger partial charge in [0.15, 0.2) is 12.5 Å². The highest BCUT2D eigenvalue weighted by molar-refractivity contribution is 9.11. The molecule has 0 aromatic heterocycles. The molecule has 0 amide bonds. The zero-order valence-electron chi connectivity index (χ0n) is 9.77. The van der Waals surface area contributed by atoms with Crippen LogP contribution in [0.25, 0.3) is 0 Å². The number of hydrogen-bond acceptors (Lipinski definition) is 3. The van der Waals surface area contributed by atoms with Crippen molar-refractivity contribution < 1.29 is 22.6 Å². The summed E-state index contributed by atoms with van der Waals surface area (Å²) in [5.74, 6) is 0.392. The molecule has 0 bridgehead atoms. The van der Waals surface area contributed by atoms with Crippen molar-refractivity contribution in [2.75, 3.05) is 19.9 Å². The van der Waals surface area contributed by atoms with Crippen molar-refractivity contribution in [1.29, 1.82) is 0 Å². The Bertz CT molecular complexity index is 404. The van der Waals surface area contributed by atoms with Crippen LogP contribution in [0.2, 0.25) is 0 Å². The van der Waals surface area contributed by atoms with Crippen molar-refractivity contribution in [3.8, 4) is 5.75 Å². The van der Waals surface area contributed by atoms with Crippen molar-refractivity contribution in [2.45, 2.75) is 12.6 Å². The van der Waals surface area contributed by atoms with Crippen LogP contribution in [-0.2, 0) is 11.2 Å². The quantitative estimate of drug-likeness (QED) is 0.579. The molecule has 0 heterocycles. The minimum Gasteiger partial charge on any atom is -0.465 e. The summed E-state index contributed by atoms with van der Waals surface area (Å²) in [4.78, 5) is 0. The van der Waals surface area contributed by atoms with Crippen LogP contribution in [-0.4, -0.2) is 26.1 Å². The highest BCUT2D eigenvalue weighted by Gasteiger charge is 2.27. The number of nitrogens with two attached hydrogens (primary N) is 1. The lowest BCUT2D eigenvalue weighted by Gasteiger charge is -2.13. The van der Waals surface area contributed by atoms with E-state index in [0.717, 1.165) is 5.56 Å². The second-order valence-corrected chi connectivity index (χ2v) is 5.36. The summed E-state index contributed by atoms with van der Waals surface area (Å²) >= 11 is 6.57. The maximum absolute atomic E-state index is 11.9. The number of rotatable bonds is 6. The molecule has 108 valence electrons. The fourth-order valence-electron chi connectivity index (χ4n) is 1.32. The molecule has 1 rings (SSSR count). The van der Waals surface area contributed by atoms with E-state index < -0.39 is 19.6 Å². The molecule has 0 fully saturated rings. The lowest BCUT2D eigenvalue weighted by molar-refractivity contribution is -0.186. The van der Waals surface area contributed by atoms with E-state index in [1.54, 1.807) is 12.1 Å². The molecule has 3 nitrogen and oxygen atoms in total. The number of halogens is 5. The summed E-state index contributed by atoms with van der Waals surface area (Å²) in [6.07, 6.45) is -3.66. The van der Waals surface area contributed by atoms with Gasteiger partial charge in [0.1, 0.15) is 6.61 Å². The third-order valence-electron chi connectivity index (χ3n) is 2.04. The fourth-order valence-corrected chi connectivity index (χ4v) is 2.83. The van der Waals surface area contributed by atoms with Gasteiger partial charge in [0, 0.05) is 0 Å². The maximum Gasteiger partial charge on any atom is 0.411 e. The smallest absolute Gasteiger partial charge is 0.411 e. The second kappa shape index (κ2) is 7.47. The van der Waals surface area contributed by atoms with Gasteiger partial charge in [-0.3, -0.25) is 0 Å². The van der Waals surface area contributed by atoms with Gasteiger partial charge in [0.05, 0.1) is 8.95 Å². The van der Waals surface area contributed by atoms with E-state index in [0.29, 0.717) is 27.7 Å². The van der Waals surface area contributed by atoms with E-state index in [-0.39, 0.29) is 0 Å². The van der Waals surface area contributed by atoms with E-state index in [4.69, 9.17) is 10.5 Å². The monoisotopic (exact) mass is 405 g/mol. The average Bonchev–Trinajstić information content (AvgIpc) is 2.26. The van der Waals surface area contributed by atoms with Crippen LogP contribution in [0.1, 0.15) is 5.56 Å². The summed E-state index contributed by atoms with van der Waals surface area (Å²) < 4.78 is 46.4. The Morgan fingerprint density at radius 3 is 2.21 bits per heavy atom.